The van der Waals surface area contributed by atoms with Crippen LogP contribution >= 0.6 is 0 Å². The number of hydrogen-bond donors (Lipinski definition) is 2. The standard InChI is InChI=1S/C16H30N6O4/c17-15(23)21(19-5-9-25-10-6-19)13-1-2-14(4-3-13)22(16(18)24)20-7-11-26-12-8-20/h13-14H,1-12H2,(H2,17,23)(H2,18,24). The third kappa shape index (κ3) is 4.37. The van der Waals surface area contributed by atoms with E-state index in [1.165, 1.54) is 0 Å². The van der Waals surface area contributed by atoms with Crippen LogP contribution in [0.5, 0.6) is 0 Å². The number of nitrogens with two attached hydrogens (primary N) is 2. The van der Waals surface area contributed by atoms with Gasteiger partial charge in [-0.2, -0.15) is 0 Å². The van der Waals surface area contributed by atoms with Gasteiger partial charge in [-0.15, -0.1) is 0 Å². The number of carbonyl (C=O) groups excluding carboxylic acids is 2. The second kappa shape index (κ2) is 8.85. The van der Waals surface area contributed by atoms with Gasteiger partial charge in [-0.3, -0.25) is 10.0 Å². The Bertz CT molecular complexity index is 443. The molecule has 3 aliphatic rings. The molecule has 2 heterocycles. The number of primary amides is 2. The third-order valence-corrected chi connectivity index (χ3v) is 5.39. The molecule has 0 atom stereocenters. The number of carbonyl (C=O) groups is 2. The molecule has 148 valence electrons. The van der Waals surface area contributed by atoms with Crippen LogP contribution in [-0.2, 0) is 9.47 Å². The first-order chi connectivity index (χ1) is 12.6. The highest BCUT2D eigenvalue weighted by Gasteiger charge is 2.37. The number of amides is 4. The number of urea groups is 2. The van der Waals surface area contributed by atoms with E-state index in [-0.39, 0.29) is 12.1 Å². The van der Waals surface area contributed by atoms with Crippen LogP contribution in [0.4, 0.5) is 9.59 Å². The second-order valence-corrected chi connectivity index (χ2v) is 6.96. The van der Waals surface area contributed by atoms with Crippen molar-refractivity contribution in [1.29, 1.82) is 0 Å². The van der Waals surface area contributed by atoms with Crippen LogP contribution in [0.3, 0.4) is 0 Å². The summed E-state index contributed by atoms with van der Waals surface area (Å²) < 4.78 is 10.7. The number of hydrogen-bond acceptors (Lipinski definition) is 6. The lowest BCUT2D eigenvalue weighted by Crippen LogP contribution is -2.61. The zero-order valence-corrected chi connectivity index (χ0v) is 15.2. The first-order valence-electron chi connectivity index (χ1n) is 9.40. The highest BCUT2D eigenvalue weighted by atomic mass is 16.5. The highest BCUT2D eigenvalue weighted by Crippen LogP contribution is 2.29. The summed E-state index contributed by atoms with van der Waals surface area (Å²) >= 11 is 0. The van der Waals surface area contributed by atoms with Crippen molar-refractivity contribution < 1.29 is 19.1 Å². The molecule has 0 spiro atoms. The average Bonchev–Trinajstić information content (AvgIpc) is 2.65. The van der Waals surface area contributed by atoms with Crippen molar-refractivity contribution in [1.82, 2.24) is 20.0 Å². The van der Waals surface area contributed by atoms with Crippen molar-refractivity contribution in [3.8, 4) is 0 Å². The Balaban J connectivity index is 1.60. The number of nitrogens with zero attached hydrogens (tertiary/aromatic N) is 4. The lowest BCUT2D eigenvalue weighted by molar-refractivity contribution is -0.106. The molecule has 10 nitrogen and oxygen atoms in total. The Hall–Kier alpha value is -1.62. The Morgan fingerprint density at radius 2 is 1.00 bits per heavy atom. The van der Waals surface area contributed by atoms with Gasteiger partial charge in [0.15, 0.2) is 0 Å². The summed E-state index contributed by atoms with van der Waals surface area (Å²) in [4.78, 5) is 24.1. The van der Waals surface area contributed by atoms with Crippen LogP contribution in [0.25, 0.3) is 0 Å². The fourth-order valence-corrected chi connectivity index (χ4v) is 4.19. The van der Waals surface area contributed by atoms with Crippen LogP contribution in [0, 0.1) is 0 Å². The van der Waals surface area contributed by atoms with Gasteiger partial charge >= 0.3 is 12.1 Å². The van der Waals surface area contributed by atoms with Gasteiger partial charge in [0.05, 0.1) is 38.5 Å². The molecule has 10 heteroatoms. The predicted molar refractivity (Wildman–Crippen MR) is 93.7 cm³/mol. The molecule has 0 aromatic rings. The van der Waals surface area contributed by atoms with Crippen LogP contribution in [0.2, 0.25) is 0 Å². The zero-order valence-electron chi connectivity index (χ0n) is 15.2. The number of hydrazine groups is 2. The quantitative estimate of drug-likeness (QED) is 0.692. The minimum atomic E-state index is -0.421. The van der Waals surface area contributed by atoms with Gasteiger partial charge in [0, 0.05) is 26.2 Å². The summed E-state index contributed by atoms with van der Waals surface area (Å²) in [7, 11) is 0. The van der Waals surface area contributed by atoms with E-state index in [9.17, 15) is 9.59 Å². The molecule has 0 aromatic heterocycles. The molecule has 3 rings (SSSR count). The highest BCUT2D eigenvalue weighted by molar-refractivity contribution is 5.72. The second-order valence-electron chi connectivity index (χ2n) is 6.96. The van der Waals surface area contributed by atoms with Crippen LogP contribution in [-0.4, -0.2) is 96.8 Å². The van der Waals surface area contributed by atoms with E-state index < -0.39 is 12.1 Å². The third-order valence-electron chi connectivity index (χ3n) is 5.39. The van der Waals surface area contributed by atoms with E-state index in [0.717, 1.165) is 25.7 Å². The molecule has 0 aromatic carbocycles. The van der Waals surface area contributed by atoms with Gasteiger partial charge in [0.1, 0.15) is 0 Å². The van der Waals surface area contributed by atoms with Crippen LogP contribution in [0.15, 0.2) is 0 Å². The Labute approximate surface area is 153 Å². The molecule has 2 aliphatic heterocycles. The SMILES string of the molecule is NC(=O)N(C1CCC(N(C(N)=O)N2CCOCC2)CC1)N1CCOCC1. The molecule has 4 amide bonds. The van der Waals surface area contributed by atoms with Gasteiger partial charge in [0.2, 0.25) is 0 Å². The molecule has 26 heavy (non-hydrogen) atoms. The summed E-state index contributed by atoms with van der Waals surface area (Å²) in [6.45, 7) is 5.09. The minimum absolute atomic E-state index is 0.0567. The van der Waals surface area contributed by atoms with E-state index in [2.05, 4.69) is 0 Å². The molecule has 2 saturated heterocycles. The Morgan fingerprint density at radius 3 is 1.27 bits per heavy atom. The van der Waals surface area contributed by atoms with Gasteiger partial charge in [0.25, 0.3) is 0 Å². The van der Waals surface area contributed by atoms with E-state index >= 15 is 0 Å². The molecule has 3 fully saturated rings. The van der Waals surface area contributed by atoms with Gasteiger partial charge in [-0.1, -0.05) is 0 Å². The fraction of sp³-hybridized carbons (Fsp3) is 0.875. The molecular weight excluding hydrogens is 340 g/mol. The van der Waals surface area contributed by atoms with E-state index in [1.54, 1.807) is 10.0 Å². The van der Waals surface area contributed by atoms with Crippen molar-refractivity contribution in [2.24, 2.45) is 11.5 Å². The lowest BCUT2D eigenvalue weighted by Gasteiger charge is -2.46. The molecule has 0 unspecified atom stereocenters. The first-order valence-corrected chi connectivity index (χ1v) is 9.40. The van der Waals surface area contributed by atoms with Gasteiger partial charge in [-0.25, -0.2) is 19.6 Å². The van der Waals surface area contributed by atoms with Crippen molar-refractivity contribution in [3.05, 3.63) is 0 Å². The summed E-state index contributed by atoms with van der Waals surface area (Å²) in [5.41, 5.74) is 11.3. The van der Waals surface area contributed by atoms with Crippen molar-refractivity contribution in [3.63, 3.8) is 0 Å². The summed E-state index contributed by atoms with van der Waals surface area (Å²) in [6, 6.07) is -0.729. The summed E-state index contributed by atoms with van der Waals surface area (Å²) in [6.07, 6.45) is 3.16. The lowest BCUT2D eigenvalue weighted by atomic mass is 9.90. The van der Waals surface area contributed by atoms with Gasteiger partial charge < -0.3 is 20.9 Å². The summed E-state index contributed by atoms with van der Waals surface area (Å²) in [5.74, 6) is 0. The van der Waals surface area contributed by atoms with Crippen molar-refractivity contribution in [2.45, 2.75) is 37.8 Å². The number of morpholine rings is 2. The minimum Gasteiger partial charge on any atom is -0.379 e. The van der Waals surface area contributed by atoms with Crippen LogP contribution in [0.1, 0.15) is 25.7 Å². The molecule has 4 N–H and O–H groups in total. The normalized spacial score (nSPS) is 28.5. The van der Waals surface area contributed by atoms with Crippen molar-refractivity contribution >= 4 is 12.1 Å². The van der Waals surface area contributed by atoms with Crippen molar-refractivity contribution in [2.75, 3.05) is 52.6 Å². The molecular formula is C16H30N6O4. The molecule has 0 radical (unpaired) electrons. The Kier molecular flexibility index (Phi) is 6.52. The molecule has 1 aliphatic carbocycles. The van der Waals surface area contributed by atoms with Crippen LogP contribution < -0.4 is 11.5 Å². The fourth-order valence-electron chi connectivity index (χ4n) is 4.19. The van der Waals surface area contributed by atoms with Gasteiger partial charge in [-0.05, 0) is 25.7 Å². The monoisotopic (exact) mass is 370 g/mol. The zero-order chi connectivity index (χ0) is 18.5. The number of rotatable bonds is 4. The largest absolute Gasteiger partial charge is 0.379 e. The first kappa shape index (κ1) is 19.2. The Morgan fingerprint density at radius 1 is 0.692 bits per heavy atom. The molecule has 1 saturated carbocycles. The maximum atomic E-state index is 12.0. The maximum Gasteiger partial charge on any atom is 0.329 e. The van der Waals surface area contributed by atoms with E-state index in [0.29, 0.717) is 52.6 Å². The maximum absolute atomic E-state index is 12.0. The topological polar surface area (TPSA) is 118 Å². The summed E-state index contributed by atoms with van der Waals surface area (Å²) in [5, 5.41) is 7.37. The average molecular weight is 370 g/mol. The predicted octanol–water partition coefficient (Wildman–Crippen LogP) is -0.447. The van der Waals surface area contributed by atoms with E-state index in [4.69, 9.17) is 20.9 Å². The number of ether oxygens (including phenoxy) is 2. The smallest absolute Gasteiger partial charge is 0.329 e. The van der Waals surface area contributed by atoms with E-state index in [1.807, 2.05) is 10.0 Å². The molecule has 0 bridgehead atoms.